The third kappa shape index (κ3) is 3.61. The first-order chi connectivity index (χ1) is 12.0. The topological polar surface area (TPSA) is 33.2 Å². The van der Waals surface area contributed by atoms with Gasteiger partial charge in [-0.15, -0.1) is 11.3 Å². The molecule has 0 radical (unpaired) electrons. The second kappa shape index (κ2) is 7.15. The Morgan fingerprint density at radius 2 is 1.76 bits per heavy atom. The van der Waals surface area contributed by atoms with E-state index in [1.807, 2.05) is 44.2 Å². The number of aromatic nitrogens is 1. The van der Waals surface area contributed by atoms with Crippen LogP contribution in [0.4, 0.5) is 4.39 Å². The van der Waals surface area contributed by atoms with Crippen LogP contribution in [-0.4, -0.2) is 22.8 Å². The zero-order chi connectivity index (χ0) is 18.0. The van der Waals surface area contributed by atoms with Gasteiger partial charge in [0.1, 0.15) is 15.7 Å². The summed E-state index contributed by atoms with van der Waals surface area (Å²) < 4.78 is 13.1. The van der Waals surface area contributed by atoms with Crippen molar-refractivity contribution in [1.29, 1.82) is 0 Å². The van der Waals surface area contributed by atoms with Crippen LogP contribution in [0.25, 0.3) is 10.6 Å². The Morgan fingerprint density at radius 1 is 1.12 bits per heavy atom. The largest absolute Gasteiger partial charge is 0.334 e. The predicted molar refractivity (Wildman–Crippen MR) is 99.2 cm³/mol. The van der Waals surface area contributed by atoms with Crippen LogP contribution in [-0.2, 0) is 0 Å². The quantitative estimate of drug-likeness (QED) is 0.654. The molecular weight excluding hydrogens is 335 g/mol. The summed E-state index contributed by atoms with van der Waals surface area (Å²) in [6, 6.07) is 15.9. The van der Waals surface area contributed by atoms with E-state index in [0.29, 0.717) is 4.88 Å². The molecule has 128 valence electrons. The summed E-state index contributed by atoms with van der Waals surface area (Å²) in [4.78, 5) is 19.8. The number of thiazole rings is 1. The van der Waals surface area contributed by atoms with E-state index in [1.165, 1.54) is 23.5 Å². The van der Waals surface area contributed by atoms with Crippen molar-refractivity contribution in [3.05, 3.63) is 76.5 Å². The molecule has 1 amide bonds. The molecule has 0 fully saturated rings. The Labute approximate surface area is 150 Å². The van der Waals surface area contributed by atoms with Crippen LogP contribution >= 0.6 is 11.3 Å². The second-order valence-electron chi connectivity index (χ2n) is 5.94. The Balaban J connectivity index is 1.85. The van der Waals surface area contributed by atoms with E-state index in [2.05, 4.69) is 4.98 Å². The molecule has 0 aliphatic rings. The van der Waals surface area contributed by atoms with Crippen LogP contribution in [0.15, 0.2) is 54.6 Å². The van der Waals surface area contributed by atoms with Crippen LogP contribution in [0.2, 0.25) is 0 Å². The first-order valence-electron chi connectivity index (χ1n) is 8.03. The molecule has 0 bridgehead atoms. The maximum absolute atomic E-state index is 13.1. The van der Waals surface area contributed by atoms with E-state index in [0.717, 1.165) is 21.8 Å². The normalized spacial score (nSPS) is 12.0. The number of benzene rings is 2. The highest BCUT2D eigenvalue weighted by atomic mass is 32.1. The van der Waals surface area contributed by atoms with E-state index in [4.69, 9.17) is 0 Å². The van der Waals surface area contributed by atoms with E-state index in [9.17, 15) is 9.18 Å². The second-order valence-corrected chi connectivity index (χ2v) is 6.94. The van der Waals surface area contributed by atoms with Crippen LogP contribution in [0.3, 0.4) is 0 Å². The molecule has 3 nitrogen and oxygen atoms in total. The van der Waals surface area contributed by atoms with Crippen LogP contribution in [0.5, 0.6) is 0 Å². The van der Waals surface area contributed by atoms with Crippen LogP contribution in [0, 0.1) is 12.7 Å². The van der Waals surface area contributed by atoms with Gasteiger partial charge in [-0.3, -0.25) is 4.79 Å². The van der Waals surface area contributed by atoms with Crippen molar-refractivity contribution in [3.63, 3.8) is 0 Å². The molecule has 1 heterocycles. The zero-order valence-electron chi connectivity index (χ0n) is 14.4. The van der Waals surface area contributed by atoms with Crippen LogP contribution < -0.4 is 0 Å². The molecule has 2 aromatic carbocycles. The smallest absolute Gasteiger partial charge is 0.266 e. The lowest BCUT2D eigenvalue weighted by atomic mass is 10.1. The molecule has 0 saturated carbocycles. The first-order valence-corrected chi connectivity index (χ1v) is 8.84. The molecular formula is C20H19FN2OS. The van der Waals surface area contributed by atoms with Gasteiger partial charge in [-0.1, -0.05) is 42.5 Å². The molecule has 1 atom stereocenters. The summed E-state index contributed by atoms with van der Waals surface area (Å²) in [5, 5.41) is 0.837. The van der Waals surface area contributed by atoms with Gasteiger partial charge in [0.05, 0.1) is 11.7 Å². The van der Waals surface area contributed by atoms with Crippen molar-refractivity contribution in [2.45, 2.75) is 19.9 Å². The van der Waals surface area contributed by atoms with Gasteiger partial charge in [0, 0.05) is 12.6 Å². The van der Waals surface area contributed by atoms with Crippen molar-refractivity contribution in [2.24, 2.45) is 0 Å². The summed E-state index contributed by atoms with van der Waals surface area (Å²) in [7, 11) is 1.76. The number of halogens is 1. The van der Waals surface area contributed by atoms with Crippen molar-refractivity contribution >= 4 is 17.2 Å². The summed E-state index contributed by atoms with van der Waals surface area (Å²) in [6.07, 6.45) is 0. The Bertz CT molecular complexity index is 874. The molecule has 0 aliphatic heterocycles. The average molecular weight is 354 g/mol. The molecule has 3 aromatic rings. The van der Waals surface area contributed by atoms with Gasteiger partial charge in [0.25, 0.3) is 5.91 Å². The average Bonchev–Trinajstić information content (AvgIpc) is 3.03. The number of aryl methyl sites for hydroxylation is 1. The van der Waals surface area contributed by atoms with Gasteiger partial charge in [0.15, 0.2) is 0 Å². The fourth-order valence-corrected chi connectivity index (χ4v) is 3.65. The van der Waals surface area contributed by atoms with Gasteiger partial charge < -0.3 is 4.90 Å². The van der Waals surface area contributed by atoms with Crippen molar-refractivity contribution in [1.82, 2.24) is 9.88 Å². The molecule has 0 N–H and O–H groups in total. The van der Waals surface area contributed by atoms with Gasteiger partial charge in [-0.05, 0) is 31.5 Å². The molecule has 5 heteroatoms. The fraction of sp³-hybridized carbons (Fsp3) is 0.200. The van der Waals surface area contributed by atoms with Gasteiger partial charge in [-0.2, -0.15) is 0 Å². The van der Waals surface area contributed by atoms with E-state index < -0.39 is 0 Å². The minimum absolute atomic E-state index is 0.0750. The number of nitrogens with zero attached hydrogens (tertiary/aromatic N) is 2. The van der Waals surface area contributed by atoms with E-state index in [1.54, 1.807) is 24.1 Å². The minimum atomic E-state index is -0.282. The molecule has 0 aliphatic carbocycles. The van der Waals surface area contributed by atoms with Gasteiger partial charge in [-0.25, -0.2) is 9.37 Å². The summed E-state index contributed by atoms with van der Waals surface area (Å²) in [5.41, 5.74) is 2.62. The SMILES string of the molecule is Cc1nc(-c2ccccc2)sc1C(=O)N(C)C(C)c1ccc(F)cc1. The van der Waals surface area contributed by atoms with Crippen LogP contribution in [0.1, 0.15) is 33.9 Å². The van der Waals surface area contributed by atoms with E-state index in [-0.39, 0.29) is 17.8 Å². The van der Waals surface area contributed by atoms with Crippen molar-refractivity contribution < 1.29 is 9.18 Å². The lowest BCUT2D eigenvalue weighted by molar-refractivity contribution is 0.0746. The minimum Gasteiger partial charge on any atom is -0.334 e. The molecule has 1 aromatic heterocycles. The summed E-state index contributed by atoms with van der Waals surface area (Å²) in [5.74, 6) is -0.357. The summed E-state index contributed by atoms with van der Waals surface area (Å²) in [6.45, 7) is 3.78. The number of carbonyl (C=O) groups is 1. The molecule has 1 unspecified atom stereocenters. The Kier molecular flexibility index (Phi) is 4.95. The lowest BCUT2D eigenvalue weighted by Crippen LogP contribution is -2.29. The Hall–Kier alpha value is -2.53. The molecule has 0 spiro atoms. The standard InChI is InChI=1S/C20H19FN2OS/c1-13-18(25-19(22-13)16-7-5-4-6-8-16)20(24)23(3)14(2)15-9-11-17(21)12-10-15/h4-12,14H,1-3H3. The number of hydrogen-bond donors (Lipinski definition) is 0. The number of rotatable bonds is 4. The summed E-state index contributed by atoms with van der Waals surface area (Å²) >= 11 is 1.40. The monoisotopic (exact) mass is 354 g/mol. The third-order valence-corrected chi connectivity index (χ3v) is 5.46. The van der Waals surface area contributed by atoms with E-state index >= 15 is 0 Å². The van der Waals surface area contributed by atoms with Crippen molar-refractivity contribution in [2.75, 3.05) is 7.05 Å². The maximum Gasteiger partial charge on any atom is 0.266 e. The van der Waals surface area contributed by atoms with Crippen molar-refractivity contribution in [3.8, 4) is 10.6 Å². The third-order valence-electron chi connectivity index (χ3n) is 4.27. The fourth-order valence-electron chi connectivity index (χ4n) is 2.60. The zero-order valence-corrected chi connectivity index (χ0v) is 15.2. The highest BCUT2D eigenvalue weighted by Crippen LogP contribution is 2.30. The van der Waals surface area contributed by atoms with Gasteiger partial charge in [0.2, 0.25) is 0 Å². The predicted octanol–water partition coefficient (Wildman–Crippen LogP) is 5.09. The Morgan fingerprint density at radius 3 is 2.40 bits per heavy atom. The number of hydrogen-bond acceptors (Lipinski definition) is 3. The highest BCUT2D eigenvalue weighted by molar-refractivity contribution is 7.17. The molecule has 25 heavy (non-hydrogen) atoms. The molecule has 3 rings (SSSR count). The van der Waals surface area contributed by atoms with Gasteiger partial charge >= 0.3 is 0 Å². The molecule has 0 saturated heterocycles. The number of amides is 1. The lowest BCUT2D eigenvalue weighted by Gasteiger charge is -2.25. The number of carbonyl (C=O) groups excluding carboxylic acids is 1. The maximum atomic E-state index is 13.1. The highest BCUT2D eigenvalue weighted by Gasteiger charge is 2.23. The first kappa shape index (κ1) is 17.3.